The molecule has 0 aliphatic heterocycles. The van der Waals surface area contributed by atoms with Gasteiger partial charge >= 0.3 is 0 Å². The Morgan fingerprint density at radius 1 is 1.41 bits per heavy atom. The van der Waals surface area contributed by atoms with Crippen molar-refractivity contribution in [2.24, 2.45) is 0 Å². The van der Waals surface area contributed by atoms with Gasteiger partial charge in [0.25, 0.3) is 0 Å². The van der Waals surface area contributed by atoms with Gasteiger partial charge in [-0.2, -0.15) is 0 Å². The summed E-state index contributed by atoms with van der Waals surface area (Å²) in [6, 6.07) is 4.84. The molecule has 1 N–H and O–H groups in total. The molecule has 0 heterocycles. The summed E-state index contributed by atoms with van der Waals surface area (Å²) in [6.07, 6.45) is 4.45. The molecule has 17 heavy (non-hydrogen) atoms. The Labute approximate surface area is 106 Å². The Morgan fingerprint density at radius 2 is 2.24 bits per heavy atom. The second-order valence-corrected chi connectivity index (χ2v) is 4.93. The number of nitrogens with one attached hydrogen (secondary N) is 1. The van der Waals surface area contributed by atoms with Crippen molar-refractivity contribution < 1.29 is 9.13 Å². The minimum absolute atomic E-state index is 0.256. The Balaban J connectivity index is 2.02. The predicted octanol–water partition coefficient (Wildman–Crippen LogP) is 3.85. The van der Waals surface area contributed by atoms with E-state index in [1.807, 2.05) is 0 Å². The maximum atomic E-state index is 13.6. The van der Waals surface area contributed by atoms with Gasteiger partial charge in [0.15, 0.2) is 0 Å². The lowest BCUT2D eigenvalue weighted by molar-refractivity contribution is 0.0669. The fourth-order valence-electron chi connectivity index (χ4n) is 2.32. The second kappa shape index (κ2) is 5.69. The SMILES string of the molecule is COC1CCCC(Nc2cc(Cl)ccc2F)C1. The molecule has 1 aliphatic carbocycles. The van der Waals surface area contributed by atoms with Gasteiger partial charge in [0, 0.05) is 18.2 Å². The van der Waals surface area contributed by atoms with Crippen LogP contribution in [-0.2, 0) is 4.74 Å². The maximum absolute atomic E-state index is 13.6. The van der Waals surface area contributed by atoms with Gasteiger partial charge < -0.3 is 10.1 Å². The Bertz CT molecular complexity index is 386. The van der Waals surface area contributed by atoms with Gasteiger partial charge in [-0.3, -0.25) is 0 Å². The van der Waals surface area contributed by atoms with Gasteiger partial charge in [-0.05, 0) is 43.9 Å². The highest BCUT2D eigenvalue weighted by Crippen LogP contribution is 2.26. The lowest BCUT2D eigenvalue weighted by Gasteiger charge is -2.29. The molecule has 2 atom stereocenters. The van der Waals surface area contributed by atoms with Crippen LogP contribution in [0.3, 0.4) is 0 Å². The van der Waals surface area contributed by atoms with E-state index in [1.54, 1.807) is 19.2 Å². The third-order valence-electron chi connectivity index (χ3n) is 3.25. The lowest BCUT2D eigenvalue weighted by atomic mass is 9.92. The molecular weight excluding hydrogens is 241 g/mol. The zero-order valence-corrected chi connectivity index (χ0v) is 10.6. The highest BCUT2D eigenvalue weighted by Gasteiger charge is 2.22. The van der Waals surface area contributed by atoms with Crippen LogP contribution in [-0.4, -0.2) is 19.3 Å². The molecule has 1 fully saturated rings. The molecule has 0 aromatic heterocycles. The average Bonchev–Trinajstić information content (AvgIpc) is 2.34. The predicted molar refractivity (Wildman–Crippen MR) is 68.1 cm³/mol. The number of halogens is 2. The maximum Gasteiger partial charge on any atom is 0.146 e. The molecule has 0 radical (unpaired) electrons. The van der Waals surface area contributed by atoms with Gasteiger partial charge in [0.1, 0.15) is 5.82 Å². The van der Waals surface area contributed by atoms with E-state index in [0.29, 0.717) is 10.7 Å². The summed E-state index contributed by atoms with van der Waals surface area (Å²) in [5.41, 5.74) is 0.485. The van der Waals surface area contributed by atoms with Crippen molar-refractivity contribution in [2.45, 2.75) is 37.8 Å². The first-order valence-corrected chi connectivity index (χ1v) is 6.31. The van der Waals surface area contributed by atoms with Crippen molar-refractivity contribution in [3.63, 3.8) is 0 Å². The van der Waals surface area contributed by atoms with E-state index in [-0.39, 0.29) is 18.0 Å². The number of hydrogen-bond donors (Lipinski definition) is 1. The Morgan fingerprint density at radius 3 is 3.00 bits per heavy atom. The van der Waals surface area contributed by atoms with Crippen molar-refractivity contribution in [3.8, 4) is 0 Å². The fraction of sp³-hybridized carbons (Fsp3) is 0.538. The quantitative estimate of drug-likeness (QED) is 0.888. The van der Waals surface area contributed by atoms with Crippen LogP contribution in [0.4, 0.5) is 10.1 Å². The van der Waals surface area contributed by atoms with E-state index in [9.17, 15) is 4.39 Å². The summed E-state index contributed by atoms with van der Waals surface area (Å²) in [5, 5.41) is 3.76. The van der Waals surface area contributed by atoms with Gasteiger partial charge in [0.05, 0.1) is 11.8 Å². The van der Waals surface area contributed by atoms with E-state index >= 15 is 0 Å². The molecule has 94 valence electrons. The molecule has 0 saturated heterocycles. The molecular formula is C13H17ClFNO. The van der Waals surface area contributed by atoms with E-state index in [2.05, 4.69) is 5.32 Å². The summed E-state index contributed by atoms with van der Waals surface area (Å²) < 4.78 is 18.9. The summed E-state index contributed by atoms with van der Waals surface area (Å²) >= 11 is 5.86. The first kappa shape index (κ1) is 12.7. The normalized spacial score (nSPS) is 24.6. The van der Waals surface area contributed by atoms with E-state index < -0.39 is 0 Å². The molecule has 4 heteroatoms. The molecule has 0 amide bonds. The average molecular weight is 258 g/mol. The van der Waals surface area contributed by atoms with Crippen molar-refractivity contribution in [2.75, 3.05) is 12.4 Å². The minimum atomic E-state index is -0.256. The first-order valence-electron chi connectivity index (χ1n) is 5.93. The smallest absolute Gasteiger partial charge is 0.146 e. The van der Waals surface area contributed by atoms with E-state index in [0.717, 1.165) is 25.7 Å². The minimum Gasteiger partial charge on any atom is -0.381 e. The second-order valence-electron chi connectivity index (χ2n) is 4.49. The number of ether oxygens (including phenoxy) is 1. The molecule has 2 rings (SSSR count). The van der Waals surface area contributed by atoms with Gasteiger partial charge in [-0.15, -0.1) is 0 Å². The number of methoxy groups -OCH3 is 1. The first-order chi connectivity index (χ1) is 8.19. The standard InChI is InChI=1S/C13H17ClFNO/c1-17-11-4-2-3-10(8-11)16-13-7-9(14)5-6-12(13)15/h5-7,10-11,16H,2-4,8H2,1H3. The van der Waals surface area contributed by atoms with Crippen molar-refractivity contribution in [1.82, 2.24) is 0 Å². The lowest BCUT2D eigenvalue weighted by Crippen LogP contribution is -2.31. The number of rotatable bonds is 3. The summed E-state index contributed by atoms with van der Waals surface area (Å²) in [6.45, 7) is 0. The van der Waals surface area contributed by atoms with Crippen LogP contribution in [0.15, 0.2) is 18.2 Å². The summed E-state index contributed by atoms with van der Waals surface area (Å²) in [4.78, 5) is 0. The Hall–Kier alpha value is -0.800. The van der Waals surface area contributed by atoms with Crippen LogP contribution >= 0.6 is 11.6 Å². The molecule has 1 aliphatic rings. The van der Waals surface area contributed by atoms with Crippen LogP contribution in [0.2, 0.25) is 5.02 Å². The largest absolute Gasteiger partial charge is 0.381 e. The van der Waals surface area contributed by atoms with E-state index in [1.165, 1.54) is 6.07 Å². The van der Waals surface area contributed by atoms with Crippen molar-refractivity contribution in [1.29, 1.82) is 0 Å². The number of benzene rings is 1. The van der Waals surface area contributed by atoms with Gasteiger partial charge in [0.2, 0.25) is 0 Å². The summed E-state index contributed by atoms with van der Waals surface area (Å²) in [7, 11) is 1.73. The zero-order chi connectivity index (χ0) is 12.3. The molecule has 1 aromatic rings. The Kier molecular flexibility index (Phi) is 4.24. The zero-order valence-electron chi connectivity index (χ0n) is 9.88. The van der Waals surface area contributed by atoms with Crippen molar-refractivity contribution in [3.05, 3.63) is 29.0 Å². The van der Waals surface area contributed by atoms with Gasteiger partial charge in [-0.1, -0.05) is 11.6 Å². The van der Waals surface area contributed by atoms with Crippen LogP contribution in [0.1, 0.15) is 25.7 Å². The van der Waals surface area contributed by atoms with Crippen LogP contribution in [0.5, 0.6) is 0 Å². The summed E-state index contributed by atoms with van der Waals surface area (Å²) in [5.74, 6) is -0.256. The van der Waals surface area contributed by atoms with Crippen LogP contribution in [0, 0.1) is 5.82 Å². The van der Waals surface area contributed by atoms with Gasteiger partial charge in [-0.25, -0.2) is 4.39 Å². The number of hydrogen-bond acceptors (Lipinski definition) is 2. The third-order valence-corrected chi connectivity index (χ3v) is 3.48. The molecule has 1 saturated carbocycles. The van der Waals surface area contributed by atoms with Crippen LogP contribution < -0.4 is 5.32 Å². The van der Waals surface area contributed by atoms with Crippen molar-refractivity contribution >= 4 is 17.3 Å². The van der Waals surface area contributed by atoms with Crippen LogP contribution in [0.25, 0.3) is 0 Å². The topological polar surface area (TPSA) is 21.3 Å². The monoisotopic (exact) mass is 257 g/mol. The highest BCUT2D eigenvalue weighted by molar-refractivity contribution is 6.30. The molecule has 0 bridgehead atoms. The molecule has 2 nitrogen and oxygen atoms in total. The number of anilines is 1. The molecule has 0 spiro atoms. The molecule has 1 aromatic carbocycles. The fourth-order valence-corrected chi connectivity index (χ4v) is 2.49. The molecule has 2 unspecified atom stereocenters. The highest BCUT2D eigenvalue weighted by atomic mass is 35.5. The third kappa shape index (κ3) is 3.33. The van der Waals surface area contributed by atoms with E-state index in [4.69, 9.17) is 16.3 Å².